The first kappa shape index (κ1) is 14.7. The van der Waals surface area contributed by atoms with E-state index >= 15 is 0 Å². The smallest absolute Gasteiger partial charge is 0.338 e. The summed E-state index contributed by atoms with van der Waals surface area (Å²) in [6.45, 7) is 1.62. The Balaban J connectivity index is 2.07. The molecule has 1 fully saturated rings. The SMILES string of the molecule is Cc1cc(F)c(C(=O)O)cc1-c1cnn(S(=O)(=O)C2CC2)c1. The highest BCUT2D eigenvalue weighted by Crippen LogP contribution is 2.31. The van der Waals surface area contributed by atoms with E-state index in [1.165, 1.54) is 18.5 Å². The lowest BCUT2D eigenvalue weighted by Gasteiger charge is -2.06. The first-order valence-corrected chi connectivity index (χ1v) is 8.14. The zero-order valence-corrected chi connectivity index (χ0v) is 12.5. The Labute approximate surface area is 126 Å². The minimum Gasteiger partial charge on any atom is -0.478 e. The standard InChI is InChI=1S/C14H13FN2O4S/c1-8-4-13(15)12(14(18)19)5-11(8)9-6-16-17(7-9)22(20,21)10-2-3-10/h4-7,10H,2-3H2,1H3,(H,18,19). The molecule has 1 N–H and O–H groups in total. The summed E-state index contributed by atoms with van der Waals surface area (Å²) in [5.74, 6) is -2.21. The lowest BCUT2D eigenvalue weighted by molar-refractivity contribution is 0.0692. The molecule has 8 heteroatoms. The van der Waals surface area contributed by atoms with Gasteiger partial charge in [0.05, 0.1) is 23.2 Å². The number of aromatic nitrogens is 2. The van der Waals surface area contributed by atoms with Gasteiger partial charge < -0.3 is 5.11 Å². The van der Waals surface area contributed by atoms with E-state index in [0.29, 0.717) is 29.5 Å². The Hall–Kier alpha value is -2.22. The van der Waals surface area contributed by atoms with E-state index in [1.54, 1.807) is 6.92 Å². The van der Waals surface area contributed by atoms with E-state index in [9.17, 15) is 17.6 Å². The molecule has 0 saturated heterocycles. The molecule has 0 amide bonds. The molecule has 3 rings (SSSR count). The fourth-order valence-corrected chi connectivity index (χ4v) is 3.73. The molecule has 0 aliphatic heterocycles. The number of carboxylic acid groups (broad SMARTS) is 1. The lowest BCUT2D eigenvalue weighted by Crippen LogP contribution is -2.17. The summed E-state index contributed by atoms with van der Waals surface area (Å²) in [4.78, 5) is 11.0. The third kappa shape index (κ3) is 2.39. The van der Waals surface area contributed by atoms with Crippen LogP contribution in [0.4, 0.5) is 4.39 Å². The van der Waals surface area contributed by atoms with Gasteiger partial charge in [0.25, 0.3) is 10.0 Å². The molecular formula is C14H13FN2O4S. The van der Waals surface area contributed by atoms with Crippen molar-refractivity contribution in [1.82, 2.24) is 9.19 Å². The molecular weight excluding hydrogens is 311 g/mol. The van der Waals surface area contributed by atoms with Gasteiger partial charge in [-0.2, -0.15) is 9.19 Å². The Bertz CT molecular complexity index is 869. The number of halogens is 1. The van der Waals surface area contributed by atoms with Crippen LogP contribution in [0.5, 0.6) is 0 Å². The zero-order valence-electron chi connectivity index (χ0n) is 11.7. The average molecular weight is 324 g/mol. The molecule has 1 saturated carbocycles. The van der Waals surface area contributed by atoms with Crippen molar-refractivity contribution in [3.8, 4) is 11.1 Å². The number of hydrogen-bond donors (Lipinski definition) is 1. The molecule has 1 aromatic heterocycles. The van der Waals surface area contributed by atoms with Crippen molar-refractivity contribution in [3.63, 3.8) is 0 Å². The maximum atomic E-state index is 13.6. The number of carboxylic acids is 1. The molecule has 1 aliphatic rings. The number of carbonyl (C=O) groups is 1. The number of rotatable bonds is 4. The Morgan fingerprint density at radius 2 is 2.09 bits per heavy atom. The van der Waals surface area contributed by atoms with Crippen molar-refractivity contribution >= 4 is 16.0 Å². The van der Waals surface area contributed by atoms with Crippen LogP contribution in [0.3, 0.4) is 0 Å². The molecule has 22 heavy (non-hydrogen) atoms. The summed E-state index contributed by atoms with van der Waals surface area (Å²) in [6, 6.07) is 2.31. The molecule has 1 heterocycles. The maximum Gasteiger partial charge on any atom is 0.338 e. The molecule has 0 bridgehead atoms. The quantitative estimate of drug-likeness (QED) is 0.929. The largest absolute Gasteiger partial charge is 0.478 e. The van der Waals surface area contributed by atoms with Crippen LogP contribution in [0.15, 0.2) is 24.5 Å². The average Bonchev–Trinajstić information content (AvgIpc) is 3.17. The summed E-state index contributed by atoms with van der Waals surface area (Å²) < 4.78 is 38.7. The van der Waals surface area contributed by atoms with Gasteiger partial charge in [0, 0.05) is 5.56 Å². The third-order valence-corrected chi connectivity index (χ3v) is 5.66. The molecule has 0 radical (unpaired) electrons. The lowest BCUT2D eigenvalue weighted by atomic mass is 10.00. The van der Waals surface area contributed by atoms with Gasteiger partial charge in [-0.05, 0) is 43.0 Å². The Kier molecular flexibility index (Phi) is 3.28. The molecule has 6 nitrogen and oxygen atoms in total. The second-order valence-corrected chi connectivity index (χ2v) is 7.37. The van der Waals surface area contributed by atoms with Crippen LogP contribution in [0.1, 0.15) is 28.8 Å². The molecule has 0 atom stereocenters. The van der Waals surface area contributed by atoms with Gasteiger partial charge in [0.15, 0.2) is 0 Å². The Morgan fingerprint density at radius 3 is 2.68 bits per heavy atom. The number of nitrogens with zero attached hydrogens (tertiary/aromatic N) is 2. The van der Waals surface area contributed by atoms with Gasteiger partial charge in [-0.15, -0.1) is 0 Å². The number of aromatic carboxylic acids is 1. The van der Waals surface area contributed by atoms with E-state index < -0.39 is 32.6 Å². The summed E-state index contributed by atoms with van der Waals surface area (Å²) in [6.07, 6.45) is 3.91. The predicted octanol–water partition coefficient (Wildman–Crippen LogP) is 2.04. The highest BCUT2D eigenvalue weighted by atomic mass is 32.2. The summed E-state index contributed by atoms with van der Waals surface area (Å²) in [7, 11) is -3.49. The normalized spacial score (nSPS) is 15.0. The Morgan fingerprint density at radius 1 is 1.41 bits per heavy atom. The molecule has 0 spiro atoms. The fourth-order valence-electron chi connectivity index (χ4n) is 2.25. The molecule has 1 aliphatic carbocycles. The first-order chi connectivity index (χ1) is 10.3. The van der Waals surface area contributed by atoms with Crippen LogP contribution >= 0.6 is 0 Å². The summed E-state index contributed by atoms with van der Waals surface area (Å²) in [5.41, 5.74) is 0.921. The number of benzene rings is 1. The van der Waals surface area contributed by atoms with Gasteiger partial charge in [0.1, 0.15) is 5.82 Å². The van der Waals surface area contributed by atoms with Gasteiger partial charge in [-0.25, -0.2) is 17.6 Å². The van der Waals surface area contributed by atoms with Crippen molar-refractivity contribution in [2.75, 3.05) is 0 Å². The van der Waals surface area contributed by atoms with E-state index in [0.717, 1.165) is 10.2 Å². The van der Waals surface area contributed by atoms with Crippen LogP contribution in [0.2, 0.25) is 0 Å². The monoisotopic (exact) mass is 324 g/mol. The van der Waals surface area contributed by atoms with E-state index in [4.69, 9.17) is 5.11 Å². The van der Waals surface area contributed by atoms with Crippen LogP contribution < -0.4 is 0 Å². The van der Waals surface area contributed by atoms with Crippen LogP contribution in [-0.4, -0.2) is 33.9 Å². The summed E-state index contributed by atoms with van der Waals surface area (Å²) in [5, 5.41) is 12.4. The third-order valence-electron chi connectivity index (χ3n) is 3.62. The van der Waals surface area contributed by atoms with Gasteiger partial charge in [-0.3, -0.25) is 0 Å². The minimum absolute atomic E-state index is 0.399. The fraction of sp³-hybridized carbons (Fsp3) is 0.286. The van der Waals surface area contributed by atoms with E-state index in [1.807, 2.05) is 0 Å². The number of hydrogen-bond acceptors (Lipinski definition) is 4. The van der Waals surface area contributed by atoms with Crippen LogP contribution in [-0.2, 0) is 10.0 Å². The topological polar surface area (TPSA) is 89.3 Å². The second kappa shape index (κ2) is 4.91. The van der Waals surface area contributed by atoms with Crippen molar-refractivity contribution in [2.24, 2.45) is 0 Å². The summed E-state index contributed by atoms with van der Waals surface area (Å²) >= 11 is 0. The van der Waals surface area contributed by atoms with Crippen molar-refractivity contribution in [1.29, 1.82) is 0 Å². The van der Waals surface area contributed by atoms with Gasteiger partial charge in [0.2, 0.25) is 0 Å². The highest BCUT2D eigenvalue weighted by molar-refractivity contribution is 7.90. The van der Waals surface area contributed by atoms with Crippen molar-refractivity contribution < 1.29 is 22.7 Å². The van der Waals surface area contributed by atoms with Crippen LogP contribution in [0, 0.1) is 12.7 Å². The minimum atomic E-state index is -3.49. The van der Waals surface area contributed by atoms with Gasteiger partial charge >= 0.3 is 5.97 Å². The highest BCUT2D eigenvalue weighted by Gasteiger charge is 2.37. The van der Waals surface area contributed by atoms with Gasteiger partial charge in [-0.1, -0.05) is 0 Å². The van der Waals surface area contributed by atoms with Crippen molar-refractivity contribution in [3.05, 3.63) is 41.5 Å². The van der Waals surface area contributed by atoms with Crippen molar-refractivity contribution in [2.45, 2.75) is 25.0 Å². The molecule has 2 aromatic rings. The van der Waals surface area contributed by atoms with E-state index in [-0.39, 0.29) is 0 Å². The van der Waals surface area contributed by atoms with Crippen LogP contribution in [0.25, 0.3) is 11.1 Å². The predicted molar refractivity (Wildman–Crippen MR) is 76.7 cm³/mol. The second-order valence-electron chi connectivity index (χ2n) is 5.30. The number of aryl methyl sites for hydroxylation is 1. The maximum absolute atomic E-state index is 13.6. The molecule has 0 unspecified atom stereocenters. The first-order valence-electron chi connectivity index (χ1n) is 6.63. The molecule has 116 valence electrons. The zero-order chi connectivity index (χ0) is 16.1. The molecule has 1 aromatic carbocycles. The van der Waals surface area contributed by atoms with E-state index in [2.05, 4.69) is 5.10 Å².